The summed E-state index contributed by atoms with van der Waals surface area (Å²) >= 11 is 0. The van der Waals surface area contributed by atoms with E-state index in [0.717, 1.165) is 23.7 Å². The molecular formula is C11H21N. The Hall–Kier alpha value is -0.0400. The molecule has 0 bridgehead atoms. The van der Waals surface area contributed by atoms with Crippen molar-refractivity contribution in [3.8, 4) is 0 Å². The van der Waals surface area contributed by atoms with Crippen molar-refractivity contribution in [2.75, 3.05) is 13.1 Å². The minimum absolute atomic E-state index is 0.874. The van der Waals surface area contributed by atoms with Crippen LogP contribution in [0.3, 0.4) is 0 Å². The summed E-state index contributed by atoms with van der Waals surface area (Å²) in [6.07, 6.45) is 4.52. The van der Waals surface area contributed by atoms with Gasteiger partial charge in [-0.3, -0.25) is 0 Å². The molecule has 2 atom stereocenters. The molecule has 12 heavy (non-hydrogen) atoms. The van der Waals surface area contributed by atoms with Crippen molar-refractivity contribution in [3.63, 3.8) is 0 Å². The molecule has 1 saturated heterocycles. The van der Waals surface area contributed by atoms with Crippen molar-refractivity contribution in [2.24, 2.45) is 23.7 Å². The summed E-state index contributed by atoms with van der Waals surface area (Å²) in [5.74, 6) is 3.94. The lowest BCUT2D eigenvalue weighted by atomic mass is 9.81. The Kier molecular flexibility index (Phi) is 2.40. The summed E-state index contributed by atoms with van der Waals surface area (Å²) in [7, 11) is 0. The van der Waals surface area contributed by atoms with Crippen LogP contribution < -0.4 is 5.32 Å². The Balaban J connectivity index is 1.85. The van der Waals surface area contributed by atoms with E-state index in [-0.39, 0.29) is 0 Å². The molecule has 0 aromatic heterocycles. The lowest BCUT2D eigenvalue weighted by molar-refractivity contribution is 0.216. The molecule has 0 aromatic rings. The molecule has 70 valence electrons. The third-order valence-electron chi connectivity index (χ3n) is 3.65. The van der Waals surface area contributed by atoms with Gasteiger partial charge in [0.25, 0.3) is 0 Å². The summed E-state index contributed by atoms with van der Waals surface area (Å²) in [6, 6.07) is 0. The molecule has 2 rings (SSSR count). The molecule has 2 fully saturated rings. The predicted octanol–water partition coefficient (Wildman–Crippen LogP) is 2.28. The van der Waals surface area contributed by atoms with Crippen LogP contribution in [0.1, 0.15) is 33.1 Å². The highest BCUT2D eigenvalue weighted by molar-refractivity contribution is 4.88. The summed E-state index contributed by atoms with van der Waals surface area (Å²) in [5.41, 5.74) is 0. The minimum atomic E-state index is 0.874. The van der Waals surface area contributed by atoms with Crippen molar-refractivity contribution in [3.05, 3.63) is 0 Å². The van der Waals surface area contributed by atoms with Gasteiger partial charge in [-0.1, -0.05) is 13.8 Å². The van der Waals surface area contributed by atoms with E-state index in [2.05, 4.69) is 19.2 Å². The first-order valence-electron chi connectivity index (χ1n) is 5.48. The molecule has 1 heterocycles. The Morgan fingerprint density at radius 3 is 2.42 bits per heavy atom. The van der Waals surface area contributed by atoms with E-state index in [1.165, 1.54) is 32.4 Å². The van der Waals surface area contributed by atoms with Crippen LogP contribution in [0.4, 0.5) is 0 Å². The van der Waals surface area contributed by atoms with Gasteiger partial charge in [-0.2, -0.15) is 0 Å². The Labute approximate surface area is 75.9 Å². The first kappa shape index (κ1) is 8.55. The van der Waals surface area contributed by atoms with Crippen molar-refractivity contribution >= 4 is 0 Å². The average molecular weight is 167 g/mol. The first-order chi connectivity index (χ1) is 5.77. The molecule has 1 heteroatoms. The third-order valence-corrected chi connectivity index (χ3v) is 3.65. The van der Waals surface area contributed by atoms with Crippen LogP contribution in [0.15, 0.2) is 0 Å². The van der Waals surface area contributed by atoms with Gasteiger partial charge in [0.15, 0.2) is 0 Å². The summed E-state index contributed by atoms with van der Waals surface area (Å²) < 4.78 is 0. The van der Waals surface area contributed by atoms with Gasteiger partial charge in [-0.25, -0.2) is 0 Å². The van der Waals surface area contributed by atoms with Crippen molar-refractivity contribution in [1.29, 1.82) is 0 Å². The van der Waals surface area contributed by atoms with Gasteiger partial charge in [0, 0.05) is 0 Å². The molecule has 1 aliphatic heterocycles. The highest BCUT2D eigenvalue weighted by Gasteiger charge is 2.35. The smallest absolute Gasteiger partial charge is 0.00176 e. The monoisotopic (exact) mass is 167 g/mol. The number of hydrogen-bond donors (Lipinski definition) is 1. The van der Waals surface area contributed by atoms with Crippen LogP contribution in [-0.2, 0) is 0 Å². The maximum absolute atomic E-state index is 3.59. The molecule has 0 amide bonds. The predicted molar refractivity (Wildman–Crippen MR) is 52.0 cm³/mol. The van der Waals surface area contributed by atoms with Crippen LogP contribution in [0.5, 0.6) is 0 Å². The molecule has 1 N–H and O–H groups in total. The van der Waals surface area contributed by atoms with E-state index in [0.29, 0.717) is 0 Å². The van der Waals surface area contributed by atoms with Crippen molar-refractivity contribution < 1.29 is 0 Å². The van der Waals surface area contributed by atoms with Gasteiger partial charge in [0.2, 0.25) is 0 Å². The van der Waals surface area contributed by atoms with Crippen LogP contribution >= 0.6 is 0 Å². The van der Waals surface area contributed by atoms with E-state index >= 15 is 0 Å². The zero-order valence-electron chi connectivity index (χ0n) is 8.34. The minimum Gasteiger partial charge on any atom is -0.316 e. The normalized spacial score (nSPS) is 37.2. The van der Waals surface area contributed by atoms with Gasteiger partial charge in [-0.15, -0.1) is 0 Å². The van der Waals surface area contributed by atoms with Crippen LogP contribution in [0.2, 0.25) is 0 Å². The number of hydrogen-bond acceptors (Lipinski definition) is 1. The summed E-state index contributed by atoms with van der Waals surface area (Å²) in [6.45, 7) is 7.29. The molecule has 1 aliphatic carbocycles. The second kappa shape index (κ2) is 3.37. The maximum Gasteiger partial charge on any atom is -0.00176 e. The topological polar surface area (TPSA) is 12.0 Å². The van der Waals surface area contributed by atoms with E-state index in [9.17, 15) is 0 Å². The van der Waals surface area contributed by atoms with E-state index < -0.39 is 0 Å². The Morgan fingerprint density at radius 1 is 1.08 bits per heavy atom. The molecule has 2 unspecified atom stereocenters. The lowest BCUT2D eigenvalue weighted by Crippen LogP contribution is -2.39. The highest BCUT2D eigenvalue weighted by Crippen LogP contribution is 2.41. The molecule has 0 radical (unpaired) electrons. The van der Waals surface area contributed by atoms with Crippen molar-refractivity contribution in [2.45, 2.75) is 33.1 Å². The van der Waals surface area contributed by atoms with Gasteiger partial charge >= 0.3 is 0 Å². The van der Waals surface area contributed by atoms with Crippen LogP contribution in [0.25, 0.3) is 0 Å². The van der Waals surface area contributed by atoms with E-state index in [4.69, 9.17) is 0 Å². The molecule has 2 aliphatic rings. The van der Waals surface area contributed by atoms with Crippen LogP contribution in [0, 0.1) is 23.7 Å². The zero-order valence-corrected chi connectivity index (χ0v) is 8.34. The fraction of sp³-hybridized carbons (Fsp3) is 1.00. The Bertz CT molecular complexity index is 141. The quantitative estimate of drug-likeness (QED) is 0.665. The second-order valence-corrected chi connectivity index (χ2v) is 5.00. The van der Waals surface area contributed by atoms with Crippen LogP contribution in [-0.4, -0.2) is 13.1 Å². The van der Waals surface area contributed by atoms with Gasteiger partial charge < -0.3 is 5.32 Å². The molecule has 0 aromatic carbocycles. The maximum atomic E-state index is 3.59. The van der Waals surface area contributed by atoms with E-state index in [1.807, 2.05) is 0 Å². The standard InChI is InChI=1S/C11H21N/c1-8(2)10-5-11(7-12-6-10)9-3-4-9/h8-12H,3-7H2,1-2H3. The summed E-state index contributed by atoms with van der Waals surface area (Å²) in [4.78, 5) is 0. The van der Waals surface area contributed by atoms with Crippen molar-refractivity contribution in [1.82, 2.24) is 5.32 Å². The summed E-state index contributed by atoms with van der Waals surface area (Å²) in [5, 5.41) is 3.59. The Morgan fingerprint density at radius 2 is 1.83 bits per heavy atom. The second-order valence-electron chi connectivity index (χ2n) is 5.00. The zero-order chi connectivity index (χ0) is 8.55. The first-order valence-corrected chi connectivity index (χ1v) is 5.48. The fourth-order valence-electron chi connectivity index (χ4n) is 2.44. The molecular weight excluding hydrogens is 146 g/mol. The fourth-order valence-corrected chi connectivity index (χ4v) is 2.44. The lowest BCUT2D eigenvalue weighted by Gasteiger charge is -2.32. The van der Waals surface area contributed by atoms with E-state index in [1.54, 1.807) is 0 Å². The van der Waals surface area contributed by atoms with Gasteiger partial charge in [-0.05, 0) is 56.0 Å². The molecule has 1 nitrogen and oxygen atoms in total. The SMILES string of the molecule is CC(C)C1CNCC(C2CC2)C1. The number of piperidine rings is 1. The molecule has 0 spiro atoms. The third kappa shape index (κ3) is 1.82. The number of nitrogens with one attached hydrogen (secondary N) is 1. The highest BCUT2D eigenvalue weighted by atomic mass is 14.9. The average Bonchev–Trinajstić information content (AvgIpc) is 2.87. The molecule has 1 saturated carbocycles. The van der Waals surface area contributed by atoms with Gasteiger partial charge in [0.1, 0.15) is 0 Å². The largest absolute Gasteiger partial charge is 0.316 e. The van der Waals surface area contributed by atoms with Gasteiger partial charge in [0.05, 0.1) is 0 Å². The number of rotatable bonds is 2.